The van der Waals surface area contributed by atoms with E-state index in [1.54, 1.807) is 0 Å². The van der Waals surface area contributed by atoms with Crippen LogP contribution in [-0.4, -0.2) is 35.8 Å². The molecule has 1 aromatic carbocycles. The smallest absolute Gasteiger partial charge is 0.0417 e. The maximum atomic E-state index is 3.78. The normalized spacial score (nSPS) is 32.5. The van der Waals surface area contributed by atoms with E-state index in [2.05, 4.69) is 46.2 Å². The van der Waals surface area contributed by atoms with Gasteiger partial charge in [-0.05, 0) is 69.0 Å². The SMILES string of the molecule is c1cc(SC2CCCC2)ccc1NC1CN2CCC1CC2. The van der Waals surface area contributed by atoms with Crippen molar-refractivity contribution in [2.75, 3.05) is 25.0 Å². The summed E-state index contributed by atoms with van der Waals surface area (Å²) in [4.78, 5) is 4.06. The van der Waals surface area contributed by atoms with Gasteiger partial charge in [0.15, 0.2) is 0 Å². The number of thioether (sulfide) groups is 1. The molecular formula is C18H26N2S. The van der Waals surface area contributed by atoms with Crippen LogP contribution in [0.15, 0.2) is 29.2 Å². The van der Waals surface area contributed by atoms with Gasteiger partial charge in [0.1, 0.15) is 0 Å². The van der Waals surface area contributed by atoms with Crippen LogP contribution >= 0.6 is 11.8 Å². The average molecular weight is 302 g/mol. The van der Waals surface area contributed by atoms with Gasteiger partial charge in [0.2, 0.25) is 0 Å². The van der Waals surface area contributed by atoms with Crippen molar-refractivity contribution in [2.45, 2.75) is 54.7 Å². The molecule has 0 radical (unpaired) electrons. The van der Waals surface area contributed by atoms with Gasteiger partial charge in [-0.2, -0.15) is 0 Å². The first-order chi connectivity index (χ1) is 10.4. The highest BCUT2D eigenvalue weighted by atomic mass is 32.2. The molecule has 114 valence electrons. The first kappa shape index (κ1) is 14.0. The quantitative estimate of drug-likeness (QED) is 0.896. The van der Waals surface area contributed by atoms with Crippen molar-refractivity contribution in [1.82, 2.24) is 4.90 Å². The van der Waals surface area contributed by atoms with Crippen LogP contribution in [-0.2, 0) is 0 Å². The van der Waals surface area contributed by atoms with Crippen molar-refractivity contribution in [3.63, 3.8) is 0 Å². The van der Waals surface area contributed by atoms with E-state index < -0.39 is 0 Å². The Labute approximate surface area is 132 Å². The molecule has 1 aromatic rings. The van der Waals surface area contributed by atoms with Crippen LogP contribution in [0.2, 0.25) is 0 Å². The van der Waals surface area contributed by atoms with Crippen LogP contribution in [0.1, 0.15) is 38.5 Å². The van der Waals surface area contributed by atoms with Gasteiger partial charge in [0.25, 0.3) is 0 Å². The summed E-state index contributed by atoms with van der Waals surface area (Å²) in [5, 5.41) is 4.65. The molecule has 1 N–H and O–H groups in total. The van der Waals surface area contributed by atoms with E-state index in [4.69, 9.17) is 0 Å². The summed E-state index contributed by atoms with van der Waals surface area (Å²) in [6.07, 6.45) is 8.43. The molecule has 21 heavy (non-hydrogen) atoms. The number of benzene rings is 1. The Morgan fingerprint density at radius 3 is 2.29 bits per heavy atom. The Morgan fingerprint density at radius 2 is 1.67 bits per heavy atom. The number of nitrogens with zero attached hydrogens (tertiary/aromatic N) is 1. The molecule has 4 aliphatic rings. The zero-order valence-corrected chi connectivity index (χ0v) is 13.6. The third-order valence-corrected chi connectivity index (χ3v) is 6.82. The molecule has 0 spiro atoms. The van der Waals surface area contributed by atoms with Crippen molar-refractivity contribution < 1.29 is 0 Å². The van der Waals surface area contributed by atoms with Gasteiger partial charge in [-0.25, -0.2) is 0 Å². The summed E-state index contributed by atoms with van der Waals surface area (Å²) in [5.74, 6) is 0.891. The molecule has 0 aromatic heterocycles. The maximum absolute atomic E-state index is 3.78. The van der Waals surface area contributed by atoms with Gasteiger partial charge in [-0.3, -0.25) is 0 Å². The highest BCUT2D eigenvalue weighted by Crippen LogP contribution is 2.35. The summed E-state index contributed by atoms with van der Waals surface area (Å²) in [6, 6.07) is 9.87. The molecule has 3 aliphatic heterocycles. The summed E-state index contributed by atoms with van der Waals surface area (Å²) < 4.78 is 0. The van der Waals surface area contributed by atoms with Crippen LogP contribution in [0.25, 0.3) is 0 Å². The van der Waals surface area contributed by atoms with Crippen molar-refractivity contribution in [2.24, 2.45) is 5.92 Å². The first-order valence-electron chi connectivity index (χ1n) is 8.62. The highest BCUT2D eigenvalue weighted by molar-refractivity contribution is 8.00. The van der Waals surface area contributed by atoms with E-state index in [-0.39, 0.29) is 0 Å². The van der Waals surface area contributed by atoms with Crippen LogP contribution in [0, 0.1) is 5.92 Å². The number of fused-ring (bicyclic) bond motifs is 3. The lowest BCUT2D eigenvalue weighted by Gasteiger charge is -2.45. The molecule has 5 rings (SSSR count). The standard InChI is InChI=1S/C18H26N2S/c1-2-4-16(3-1)21-17-7-5-15(6-8-17)19-18-13-20-11-9-14(18)10-12-20/h5-8,14,16,18-19H,1-4,9-13H2. The molecule has 3 saturated heterocycles. The number of anilines is 1. The fraction of sp³-hybridized carbons (Fsp3) is 0.667. The number of nitrogens with one attached hydrogen (secondary N) is 1. The van der Waals surface area contributed by atoms with Crippen molar-refractivity contribution in [1.29, 1.82) is 0 Å². The second kappa shape index (κ2) is 6.21. The van der Waals surface area contributed by atoms with E-state index in [0.717, 1.165) is 11.2 Å². The molecule has 1 aliphatic carbocycles. The fourth-order valence-corrected chi connectivity index (χ4v) is 5.42. The minimum atomic E-state index is 0.667. The summed E-state index contributed by atoms with van der Waals surface area (Å²) >= 11 is 2.08. The van der Waals surface area contributed by atoms with Crippen molar-refractivity contribution in [3.05, 3.63) is 24.3 Å². The molecule has 3 heteroatoms. The van der Waals surface area contributed by atoms with E-state index in [1.165, 1.54) is 68.7 Å². The van der Waals surface area contributed by atoms with Gasteiger partial charge < -0.3 is 10.2 Å². The van der Waals surface area contributed by atoms with E-state index in [0.29, 0.717) is 6.04 Å². The minimum Gasteiger partial charge on any atom is -0.381 e. The number of rotatable bonds is 4. The predicted octanol–water partition coefficient (Wildman–Crippen LogP) is 4.23. The second-order valence-corrected chi connectivity index (χ2v) is 8.31. The van der Waals surface area contributed by atoms with Crippen molar-refractivity contribution >= 4 is 17.4 Å². The molecule has 2 bridgehead atoms. The van der Waals surface area contributed by atoms with E-state index in [9.17, 15) is 0 Å². The Morgan fingerprint density at radius 1 is 0.952 bits per heavy atom. The van der Waals surface area contributed by atoms with Crippen LogP contribution in [0.4, 0.5) is 5.69 Å². The maximum Gasteiger partial charge on any atom is 0.0417 e. The van der Waals surface area contributed by atoms with Gasteiger partial charge >= 0.3 is 0 Å². The second-order valence-electron chi connectivity index (χ2n) is 6.94. The van der Waals surface area contributed by atoms with Gasteiger partial charge in [0.05, 0.1) is 0 Å². The summed E-state index contributed by atoms with van der Waals surface area (Å²) in [5.41, 5.74) is 1.31. The lowest BCUT2D eigenvalue weighted by Crippen LogP contribution is -2.53. The van der Waals surface area contributed by atoms with Gasteiger partial charge in [-0.15, -0.1) is 11.8 Å². The molecule has 1 saturated carbocycles. The molecule has 4 fully saturated rings. The number of piperidine rings is 3. The molecule has 2 nitrogen and oxygen atoms in total. The number of hydrogen-bond acceptors (Lipinski definition) is 3. The highest BCUT2D eigenvalue weighted by Gasteiger charge is 2.33. The lowest BCUT2D eigenvalue weighted by molar-refractivity contribution is 0.0975. The Hall–Kier alpha value is -0.670. The van der Waals surface area contributed by atoms with Crippen molar-refractivity contribution in [3.8, 4) is 0 Å². The molecule has 1 unspecified atom stereocenters. The van der Waals surface area contributed by atoms with Crippen LogP contribution in [0.3, 0.4) is 0 Å². The minimum absolute atomic E-state index is 0.667. The molecular weight excluding hydrogens is 276 g/mol. The van der Waals surface area contributed by atoms with Gasteiger partial charge in [-0.1, -0.05) is 12.8 Å². The summed E-state index contributed by atoms with van der Waals surface area (Å²) in [7, 11) is 0. The largest absolute Gasteiger partial charge is 0.381 e. The Kier molecular flexibility index (Phi) is 4.13. The topological polar surface area (TPSA) is 15.3 Å². The first-order valence-corrected chi connectivity index (χ1v) is 9.50. The molecule has 1 atom stereocenters. The van der Waals surface area contributed by atoms with Crippen LogP contribution < -0.4 is 5.32 Å². The zero-order valence-electron chi connectivity index (χ0n) is 12.8. The average Bonchev–Trinajstić information content (AvgIpc) is 3.03. The molecule has 0 amide bonds. The van der Waals surface area contributed by atoms with Crippen LogP contribution in [0.5, 0.6) is 0 Å². The monoisotopic (exact) mass is 302 g/mol. The molecule has 3 heterocycles. The Balaban J connectivity index is 1.35. The third-order valence-electron chi connectivity index (χ3n) is 5.47. The third kappa shape index (κ3) is 3.24. The van der Waals surface area contributed by atoms with E-state index >= 15 is 0 Å². The zero-order chi connectivity index (χ0) is 14.1. The Bertz CT molecular complexity index is 459. The van der Waals surface area contributed by atoms with Gasteiger partial charge in [0, 0.05) is 28.4 Å². The fourth-order valence-electron chi connectivity index (χ4n) is 4.17. The van der Waals surface area contributed by atoms with E-state index in [1.807, 2.05) is 0 Å². The number of hydrogen-bond donors (Lipinski definition) is 1. The summed E-state index contributed by atoms with van der Waals surface area (Å²) in [6.45, 7) is 3.88. The predicted molar refractivity (Wildman–Crippen MR) is 91.1 cm³/mol. The lowest BCUT2D eigenvalue weighted by atomic mass is 9.84.